The van der Waals surface area contributed by atoms with E-state index in [4.69, 9.17) is 14.5 Å². The van der Waals surface area contributed by atoms with Crippen molar-refractivity contribution in [1.82, 2.24) is 10.6 Å². The van der Waals surface area contributed by atoms with E-state index < -0.39 is 0 Å². The molecule has 2 N–H and O–H groups in total. The number of rotatable bonds is 5. The normalized spacial score (nSPS) is 19.8. The van der Waals surface area contributed by atoms with Crippen molar-refractivity contribution in [2.24, 2.45) is 4.99 Å². The fraction of sp³-hybridized carbons (Fsp3) is 0.526. The Hall–Kier alpha value is -1.28. The molecular weight excluding hydrogens is 429 g/mol. The maximum atomic E-state index is 5.74. The van der Waals surface area contributed by atoms with E-state index in [9.17, 15) is 0 Å². The highest BCUT2D eigenvalue weighted by atomic mass is 127. The zero-order chi connectivity index (χ0) is 16.6. The molecule has 0 saturated carbocycles. The molecule has 0 saturated heterocycles. The van der Waals surface area contributed by atoms with Gasteiger partial charge in [-0.15, -0.1) is 24.0 Å². The van der Waals surface area contributed by atoms with E-state index >= 15 is 0 Å². The van der Waals surface area contributed by atoms with Gasteiger partial charge in [0.05, 0.1) is 25.9 Å². The van der Waals surface area contributed by atoms with Crippen LogP contribution in [0.1, 0.15) is 37.8 Å². The summed E-state index contributed by atoms with van der Waals surface area (Å²) < 4.78 is 11.1. The fourth-order valence-electron chi connectivity index (χ4n) is 3.08. The van der Waals surface area contributed by atoms with Gasteiger partial charge in [-0.1, -0.05) is 29.8 Å². The Morgan fingerprint density at radius 2 is 2.16 bits per heavy atom. The summed E-state index contributed by atoms with van der Waals surface area (Å²) in [5.41, 5.74) is 2.67. The van der Waals surface area contributed by atoms with Crippen LogP contribution in [0.5, 0.6) is 5.75 Å². The lowest BCUT2D eigenvalue weighted by Gasteiger charge is -2.28. The molecule has 0 spiro atoms. The van der Waals surface area contributed by atoms with Crippen molar-refractivity contribution >= 4 is 29.9 Å². The van der Waals surface area contributed by atoms with Crippen LogP contribution in [0.3, 0.4) is 0 Å². The number of halogens is 1. The van der Waals surface area contributed by atoms with Gasteiger partial charge in [0.1, 0.15) is 5.75 Å². The van der Waals surface area contributed by atoms with Crippen molar-refractivity contribution in [2.45, 2.75) is 32.2 Å². The largest absolute Gasteiger partial charge is 0.493 e. The Morgan fingerprint density at radius 3 is 2.96 bits per heavy atom. The molecule has 138 valence electrons. The topological polar surface area (TPSA) is 54.9 Å². The van der Waals surface area contributed by atoms with Crippen molar-refractivity contribution in [1.29, 1.82) is 0 Å². The van der Waals surface area contributed by atoms with Crippen LogP contribution in [-0.2, 0) is 4.74 Å². The molecule has 2 aliphatic rings. The number of para-hydroxylation sites is 1. The summed E-state index contributed by atoms with van der Waals surface area (Å²) in [6, 6.07) is 8.48. The monoisotopic (exact) mass is 457 g/mol. The van der Waals surface area contributed by atoms with E-state index in [1.165, 1.54) is 11.1 Å². The highest BCUT2D eigenvalue weighted by Gasteiger charge is 2.21. The summed E-state index contributed by atoms with van der Waals surface area (Å²) in [5, 5.41) is 6.92. The summed E-state index contributed by atoms with van der Waals surface area (Å²) in [7, 11) is 0. The minimum atomic E-state index is 0. The van der Waals surface area contributed by atoms with E-state index in [0.717, 1.165) is 63.9 Å². The van der Waals surface area contributed by atoms with E-state index in [1.54, 1.807) is 0 Å². The molecule has 25 heavy (non-hydrogen) atoms. The van der Waals surface area contributed by atoms with Crippen LogP contribution in [-0.4, -0.2) is 38.9 Å². The highest BCUT2D eigenvalue weighted by Crippen LogP contribution is 2.31. The van der Waals surface area contributed by atoms with Gasteiger partial charge in [0, 0.05) is 25.1 Å². The lowest BCUT2D eigenvalue weighted by Crippen LogP contribution is -2.41. The smallest absolute Gasteiger partial charge is 0.191 e. The van der Waals surface area contributed by atoms with Crippen LogP contribution in [0.25, 0.3) is 0 Å². The number of nitrogens with one attached hydrogen (secondary N) is 2. The summed E-state index contributed by atoms with van der Waals surface area (Å²) in [6.45, 7) is 6.07. The average Bonchev–Trinajstić information content (AvgIpc) is 2.63. The zero-order valence-corrected chi connectivity index (χ0v) is 17.1. The van der Waals surface area contributed by atoms with E-state index in [0.29, 0.717) is 0 Å². The van der Waals surface area contributed by atoms with Gasteiger partial charge in [0.15, 0.2) is 5.96 Å². The highest BCUT2D eigenvalue weighted by molar-refractivity contribution is 14.0. The molecule has 1 aromatic rings. The minimum absolute atomic E-state index is 0. The average molecular weight is 457 g/mol. The van der Waals surface area contributed by atoms with Crippen molar-refractivity contribution in [2.75, 3.05) is 32.9 Å². The van der Waals surface area contributed by atoms with Gasteiger partial charge in [-0.3, -0.25) is 4.99 Å². The molecule has 0 aliphatic carbocycles. The molecule has 0 amide bonds. The van der Waals surface area contributed by atoms with Crippen LogP contribution in [0, 0.1) is 0 Å². The van der Waals surface area contributed by atoms with Crippen LogP contribution < -0.4 is 15.4 Å². The lowest BCUT2D eigenvalue weighted by atomic mass is 10.0. The van der Waals surface area contributed by atoms with Gasteiger partial charge in [-0.25, -0.2) is 0 Å². The zero-order valence-electron chi connectivity index (χ0n) is 14.8. The fourth-order valence-corrected chi connectivity index (χ4v) is 3.08. The molecule has 2 heterocycles. The predicted octanol–water partition coefficient (Wildman–Crippen LogP) is 3.42. The number of guanidine groups is 1. The van der Waals surface area contributed by atoms with E-state index in [2.05, 4.69) is 35.8 Å². The maximum absolute atomic E-state index is 5.74. The van der Waals surface area contributed by atoms with Gasteiger partial charge in [-0.2, -0.15) is 0 Å². The number of benzene rings is 1. The molecule has 0 radical (unpaired) electrons. The van der Waals surface area contributed by atoms with Crippen molar-refractivity contribution in [3.8, 4) is 5.75 Å². The molecule has 3 rings (SSSR count). The Morgan fingerprint density at radius 1 is 1.28 bits per heavy atom. The summed E-state index contributed by atoms with van der Waals surface area (Å²) >= 11 is 0. The van der Waals surface area contributed by atoms with Crippen molar-refractivity contribution in [3.63, 3.8) is 0 Å². The minimum Gasteiger partial charge on any atom is -0.493 e. The number of hydrogen-bond donors (Lipinski definition) is 2. The SMILES string of the molecule is CCNC(=NCCC1=CCOCC1)NC1CCOc2ccccc21.I. The van der Waals surface area contributed by atoms with Gasteiger partial charge >= 0.3 is 0 Å². The van der Waals surface area contributed by atoms with Gasteiger partial charge in [0.2, 0.25) is 0 Å². The Balaban J connectivity index is 0.00000225. The molecule has 6 heteroatoms. The quantitative estimate of drug-likeness (QED) is 0.308. The van der Waals surface area contributed by atoms with Gasteiger partial charge in [-0.05, 0) is 25.8 Å². The third-order valence-electron chi connectivity index (χ3n) is 4.37. The van der Waals surface area contributed by atoms with Crippen molar-refractivity contribution < 1.29 is 9.47 Å². The Labute approximate surface area is 167 Å². The number of aliphatic imine (C=N–C) groups is 1. The van der Waals surface area contributed by atoms with Crippen LogP contribution >= 0.6 is 24.0 Å². The molecule has 1 atom stereocenters. The molecule has 1 aromatic carbocycles. The van der Waals surface area contributed by atoms with E-state index in [1.807, 2.05) is 12.1 Å². The predicted molar refractivity (Wildman–Crippen MR) is 112 cm³/mol. The molecule has 0 fully saturated rings. The van der Waals surface area contributed by atoms with Crippen molar-refractivity contribution in [3.05, 3.63) is 41.5 Å². The number of fused-ring (bicyclic) bond motifs is 1. The first kappa shape index (κ1) is 20.0. The first-order valence-electron chi connectivity index (χ1n) is 8.89. The first-order valence-corrected chi connectivity index (χ1v) is 8.89. The van der Waals surface area contributed by atoms with Gasteiger partial charge < -0.3 is 20.1 Å². The summed E-state index contributed by atoms with van der Waals surface area (Å²) in [5.74, 6) is 1.86. The van der Waals surface area contributed by atoms with Gasteiger partial charge in [0.25, 0.3) is 0 Å². The third kappa shape index (κ3) is 5.88. The number of nitrogens with zero attached hydrogens (tertiary/aromatic N) is 1. The second-order valence-corrected chi connectivity index (χ2v) is 6.07. The lowest BCUT2D eigenvalue weighted by molar-refractivity contribution is 0.153. The second-order valence-electron chi connectivity index (χ2n) is 6.07. The van der Waals surface area contributed by atoms with Crippen LogP contribution in [0.4, 0.5) is 0 Å². The molecule has 1 unspecified atom stereocenters. The summed E-state index contributed by atoms with van der Waals surface area (Å²) in [4.78, 5) is 4.75. The standard InChI is InChI=1S/C19H27N3O2.HI/c1-2-20-19(21-11-7-15-8-12-23-13-9-15)22-17-10-14-24-18-6-4-3-5-16(17)18;/h3-6,8,17H,2,7,9-14H2,1H3,(H2,20,21,22);1H. The molecule has 5 nitrogen and oxygen atoms in total. The van der Waals surface area contributed by atoms with Crippen LogP contribution in [0.15, 0.2) is 40.9 Å². The third-order valence-corrected chi connectivity index (χ3v) is 4.37. The maximum Gasteiger partial charge on any atom is 0.191 e. The van der Waals surface area contributed by atoms with E-state index in [-0.39, 0.29) is 30.0 Å². The second kappa shape index (κ2) is 10.7. The molecule has 0 bridgehead atoms. The molecular formula is C19H28IN3O2. The van der Waals surface area contributed by atoms with Crippen LogP contribution in [0.2, 0.25) is 0 Å². The Bertz CT molecular complexity index is 604. The molecule has 2 aliphatic heterocycles. The molecule has 0 aromatic heterocycles. The number of hydrogen-bond acceptors (Lipinski definition) is 3. The summed E-state index contributed by atoms with van der Waals surface area (Å²) in [6.07, 6.45) is 5.18. The Kier molecular flexibility index (Phi) is 8.54. The number of ether oxygens (including phenoxy) is 2. The first-order chi connectivity index (χ1) is 11.9.